The maximum atomic E-state index is 6.00. The van der Waals surface area contributed by atoms with Gasteiger partial charge in [-0.3, -0.25) is 0 Å². The van der Waals surface area contributed by atoms with Gasteiger partial charge in [0, 0.05) is 12.0 Å². The molecule has 1 atom stereocenters. The molecule has 0 saturated heterocycles. The fourth-order valence-corrected chi connectivity index (χ4v) is 2.62. The average molecular weight is 330 g/mol. The van der Waals surface area contributed by atoms with Crippen molar-refractivity contribution in [2.45, 2.75) is 53.1 Å². The normalized spacial score (nSPS) is 13.9. The predicted molar refractivity (Wildman–Crippen MR) is 82.0 cm³/mol. The second kappa shape index (κ2) is 6.18. The van der Waals surface area contributed by atoms with E-state index in [1.165, 1.54) is 0 Å². The van der Waals surface area contributed by atoms with E-state index >= 15 is 0 Å². The van der Waals surface area contributed by atoms with Gasteiger partial charge in [0.1, 0.15) is 11.9 Å². The summed E-state index contributed by atoms with van der Waals surface area (Å²) in [5.74, 6) is 1.44. The minimum atomic E-state index is -0.124. The zero-order valence-electron chi connectivity index (χ0n) is 12.6. The fourth-order valence-electron chi connectivity index (χ4n) is 1.85. The van der Waals surface area contributed by atoms with E-state index in [1.807, 2.05) is 6.92 Å². The largest absolute Gasteiger partial charge is 0.383 e. The highest BCUT2D eigenvalue weighted by Gasteiger charge is 2.26. The molecule has 1 heterocycles. The Balaban J connectivity index is 3.33. The summed E-state index contributed by atoms with van der Waals surface area (Å²) < 4.78 is 6.54. The summed E-state index contributed by atoms with van der Waals surface area (Å²) in [6, 6.07) is 0. The molecule has 0 fully saturated rings. The van der Waals surface area contributed by atoms with Crippen LogP contribution in [0.1, 0.15) is 59.2 Å². The van der Waals surface area contributed by atoms with E-state index in [1.54, 1.807) is 0 Å². The topological polar surface area (TPSA) is 61.0 Å². The zero-order valence-corrected chi connectivity index (χ0v) is 14.2. The van der Waals surface area contributed by atoms with E-state index < -0.39 is 0 Å². The first-order valence-corrected chi connectivity index (χ1v) is 7.42. The van der Waals surface area contributed by atoms with E-state index in [4.69, 9.17) is 10.5 Å². The van der Waals surface area contributed by atoms with Crippen LogP contribution >= 0.6 is 15.9 Å². The van der Waals surface area contributed by atoms with Gasteiger partial charge in [-0.05, 0) is 28.8 Å². The number of hydrogen-bond acceptors (Lipinski definition) is 4. The summed E-state index contributed by atoms with van der Waals surface area (Å²) >= 11 is 3.48. The summed E-state index contributed by atoms with van der Waals surface area (Å²) in [6.07, 6.45) is -0.124. The highest BCUT2D eigenvalue weighted by molar-refractivity contribution is 9.10. The summed E-state index contributed by atoms with van der Waals surface area (Å²) in [6.45, 7) is 13.1. The molecular weight excluding hydrogens is 306 g/mol. The molecule has 0 aliphatic carbocycles. The molecule has 1 aromatic heterocycles. The van der Waals surface area contributed by atoms with Crippen molar-refractivity contribution >= 4 is 21.7 Å². The first-order valence-electron chi connectivity index (χ1n) is 6.63. The van der Waals surface area contributed by atoms with Crippen LogP contribution in [-0.2, 0) is 10.2 Å². The second-order valence-electron chi connectivity index (χ2n) is 6.00. The van der Waals surface area contributed by atoms with Gasteiger partial charge in [-0.2, -0.15) is 0 Å². The lowest BCUT2D eigenvalue weighted by molar-refractivity contribution is 0.0230. The molecule has 0 aromatic carbocycles. The molecule has 0 radical (unpaired) electrons. The van der Waals surface area contributed by atoms with E-state index in [0.717, 1.165) is 10.2 Å². The molecule has 1 aromatic rings. The quantitative estimate of drug-likeness (QED) is 0.911. The molecule has 1 rings (SSSR count). The van der Waals surface area contributed by atoms with E-state index in [0.29, 0.717) is 24.2 Å². The van der Waals surface area contributed by atoms with Gasteiger partial charge in [0.05, 0.1) is 10.2 Å². The number of anilines is 1. The third kappa shape index (κ3) is 3.89. The van der Waals surface area contributed by atoms with Crippen LogP contribution in [0.2, 0.25) is 0 Å². The number of ether oxygens (including phenoxy) is 1. The van der Waals surface area contributed by atoms with Gasteiger partial charge in [-0.1, -0.05) is 34.6 Å². The molecule has 108 valence electrons. The Labute approximate surface area is 124 Å². The highest BCUT2D eigenvalue weighted by Crippen LogP contribution is 2.33. The molecule has 0 bridgehead atoms. The molecule has 19 heavy (non-hydrogen) atoms. The van der Waals surface area contributed by atoms with Gasteiger partial charge in [0.2, 0.25) is 0 Å². The first-order chi connectivity index (χ1) is 8.68. The van der Waals surface area contributed by atoms with E-state index in [2.05, 4.69) is 60.5 Å². The van der Waals surface area contributed by atoms with Crippen LogP contribution in [0.3, 0.4) is 0 Å². The van der Waals surface area contributed by atoms with Gasteiger partial charge in [-0.15, -0.1) is 0 Å². The number of hydrogen-bond donors (Lipinski definition) is 1. The molecule has 0 amide bonds. The maximum absolute atomic E-state index is 6.00. The standard InChI is InChI=1S/C14H24BrN3O/c1-7-19-10(8(2)3)13-17-11(14(4,5)6)9(15)12(16)18-13/h8,10H,7H2,1-6H3,(H2,16,17,18). The lowest BCUT2D eigenvalue weighted by Crippen LogP contribution is -2.21. The fraction of sp³-hybridized carbons (Fsp3) is 0.714. The lowest BCUT2D eigenvalue weighted by Gasteiger charge is -2.24. The molecule has 0 saturated carbocycles. The van der Waals surface area contributed by atoms with Gasteiger partial charge in [-0.25, -0.2) is 9.97 Å². The van der Waals surface area contributed by atoms with Crippen LogP contribution in [0.15, 0.2) is 4.47 Å². The smallest absolute Gasteiger partial charge is 0.160 e. The second-order valence-corrected chi connectivity index (χ2v) is 6.79. The molecule has 0 aliphatic heterocycles. The molecule has 2 N–H and O–H groups in total. The highest BCUT2D eigenvalue weighted by atomic mass is 79.9. The third-order valence-corrected chi connectivity index (χ3v) is 3.59. The van der Waals surface area contributed by atoms with Crippen molar-refractivity contribution in [3.63, 3.8) is 0 Å². The first kappa shape index (κ1) is 16.4. The maximum Gasteiger partial charge on any atom is 0.160 e. The summed E-state index contributed by atoms with van der Waals surface area (Å²) in [5, 5.41) is 0. The van der Waals surface area contributed by atoms with Gasteiger partial charge in [0.25, 0.3) is 0 Å². The monoisotopic (exact) mass is 329 g/mol. The number of nitrogens with two attached hydrogens (primary N) is 1. The van der Waals surface area contributed by atoms with Crippen LogP contribution in [0, 0.1) is 5.92 Å². The number of aromatic nitrogens is 2. The number of halogens is 1. The van der Waals surface area contributed by atoms with Gasteiger partial charge < -0.3 is 10.5 Å². The van der Waals surface area contributed by atoms with Crippen LogP contribution < -0.4 is 5.73 Å². The Morgan fingerprint density at radius 1 is 1.26 bits per heavy atom. The molecule has 0 aliphatic rings. The summed E-state index contributed by atoms with van der Waals surface area (Å²) in [7, 11) is 0. The van der Waals surface area contributed by atoms with E-state index in [9.17, 15) is 0 Å². The van der Waals surface area contributed by atoms with Gasteiger partial charge in [0.15, 0.2) is 5.82 Å². The van der Waals surface area contributed by atoms with Crippen LogP contribution in [-0.4, -0.2) is 16.6 Å². The zero-order chi connectivity index (χ0) is 14.8. The minimum Gasteiger partial charge on any atom is -0.383 e. The van der Waals surface area contributed by atoms with Crippen molar-refractivity contribution < 1.29 is 4.74 Å². The van der Waals surface area contributed by atoms with Crippen molar-refractivity contribution in [3.8, 4) is 0 Å². The Morgan fingerprint density at radius 2 is 1.84 bits per heavy atom. The van der Waals surface area contributed by atoms with Crippen LogP contribution in [0.4, 0.5) is 5.82 Å². The van der Waals surface area contributed by atoms with Crippen molar-refractivity contribution in [2.24, 2.45) is 5.92 Å². The predicted octanol–water partition coefficient (Wildman–Crippen LogP) is 3.85. The van der Waals surface area contributed by atoms with Gasteiger partial charge >= 0.3 is 0 Å². The Bertz CT molecular complexity index is 441. The average Bonchev–Trinajstić information content (AvgIpc) is 2.27. The number of nitrogens with zero attached hydrogens (tertiary/aromatic N) is 2. The molecular formula is C14H24BrN3O. The van der Waals surface area contributed by atoms with Crippen molar-refractivity contribution in [2.75, 3.05) is 12.3 Å². The van der Waals surface area contributed by atoms with Crippen molar-refractivity contribution in [1.29, 1.82) is 0 Å². The summed E-state index contributed by atoms with van der Waals surface area (Å²) in [4.78, 5) is 9.06. The summed E-state index contributed by atoms with van der Waals surface area (Å²) in [5.41, 5.74) is 6.82. The lowest BCUT2D eigenvalue weighted by atomic mass is 9.91. The molecule has 5 heteroatoms. The number of rotatable bonds is 4. The van der Waals surface area contributed by atoms with Crippen molar-refractivity contribution in [3.05, 3.63) is 16.0 Å². The van der Waals surface area contributed by atoms with Crippen molar-refractivity contribution in [1.82, 2.24) is 9.97 Å². The molecule has 4 nitrogen and oxygen atoms in total. The SMILES string of the molecule is CCOC(c1nc(N)c(Br)c(C(C)(C)C)n1)C(C)C. The Kier molecular flexibility index (Phi) is 5.33. The molecule has 1 unspecified atom stereocenters. The number of nitrogen functional groups attached to an aromatic ring is 1. The Hall–Kier alpha value is -0.680. The molecule has 0 spiro atoms. The van der Waals surface area contributed by atoms with Crippen LogP contribution in [0.5, 0.6) is 0 Å². The van der Waals surface area contributed by atoms with E-state index in [-0.39, 0.29) is 11.5 Å². The van der Waals surface area contributed by atoms with Crippen LogP contribution in [0.25, 0.3) is 0 Å². The Morgan fingerprint density at radius 3 is 2.26 bits per heavy atom. The third-order valence-electron chi connectivity index (χ3n) is 2.81. The minimum absolute atomic E-state index is 0.0988.